The van der Waals surface area contributed by atoms with E-state index >= 15 is 0 Å². The van der Waals surface area contributed by atoms with E-state index in [-0.39, 0.29) is 16.9 Å². The van der Waals surface area contributed by atoms with E-state index in [2.05, 4.69) is 19.4 Å². The lowest BCUT2D eigenvalue weighted by Gasteiger charge is -2.22. The van der Waals surface area contributed by atoms with Crippen LogP contribution >= 0.6 is 0 Å². The van der Waals surface area contributed by atoms with Crippen molar-refractivity contribution in [2.75, 3.05) is 13.1 Å². The zero-order valence-electron chi connectivity index (χ0n) is 14.2. The smallest absolute Gasteiger partial charge is 0.333 e. The molecule has 164 valence electrons. The van der Waals surface area contributed by atoms with Crippen LogP contribution in [-0.4, -0.2) is 83.9 Å². The molecule has 0 aliphatic carbocycles. The Labute approximate surface area is 162 Å². The van der Waals surface area contributed by atoms with Crippen LogP contribution in [0.2, 0.25) is 0 Å². The van der Waals surface area contributed by atoms with Gasteiger partial charge in [-0.2, -0.15) is 16.8 Å². The van der Waals surface area contributed by atoms with Gasteiger partial charge in [0.05, 0.1) is 25.9 Å². The normalized spacial score (nSPS) is 30.3. The largest absolute Gasteiger partial charge is 0.350 e. The van der Waals surface area contributed by atoms with Gasteiger partial charge >= 0.3 is 23.9 Å². The third kappa shape index (κ3) is 6.30. The van der Waals surface area contributed by atoms with Crippen molar-refractivity contribution >= 4 is 44.1 Å². The van der Waals surface area contributed by atoms with E-state index in [0.29, 0.717) is 0 Å². The van der Waals surface area contributed by atoms with Crippen LogP contribution in [0.15, 0.2) is 0 Å². The van der Waals surface area contributed by atoms with Crippen molar-refractivity contribution in [1.29, 1.82) is 0 Å². The maximum Gasteiger partial charge on any atom is 0.350 e. The van der Waals surface area contributed by atoms with Gasteiger partial charge in [-0.25, -0.2) is 9.59 Å². The summed E-state index contributed by atoms with van der Waals surface area (Å²) in [6.07, 6.45) is -2.73. The van der Waals surface area contributed by atoms with E-state index in [1.807, 2.05) is 0 Å². The van der Waals surface area contributed by atoms with Gasteiger partial charge in [-0.05, 0) is 6.42 Å². The molecule has 2 aliphatic heterocycles. The second-order valence-electron chi connectivity index (χ2n) is 5.63. The van der Waals surface area contributed by atoms with Gasteiger partial charge in [-0.1, -0.05) is 0 Å². The fraction of sp³-hybridized carbons (Fsp3) is 0.636. The zero-order chi connectivity index (χ0) is 22.0. The third-order valence-corrected chi connectivity index (χ3v) is 5.58. The minimum absolute atomic E-state index is 0.0742. The molecular formula is C11H14N2O14S2. The van der Waals surface area contributed by atoms with Crippen LogP contribution in [0.3, 0.4) is 0 Å². The second kappa shape index (κ2) is 8.55. The first kappa shape index (κ1) is 22.9. The molecule has 0 spiro atoms. The van der Waals surface area contributed by atoms with E-state index in [1.165, 1.54) is 0 Å². The number of carbonyl (C=O) groups excluding carboxylic acids is 4. The molecule has 0 aromatic heterocycles. The van der Waals surface area contributed by atoms with Gasteiger partial charge in [0.25, 0.3) is 20.2 Å². The fourth-order valence-corrected chi connectivity index (χ4v) is 3.36. The highest BCUT2D eigenvalue weighted by molar-refractivity contribution is 7.87. The molecule has 0 saturated carbocycles. The first-order valence-corrected chi connectivity index (χ1v) is 10.6. The van der Waals surface area contributed by atoms with Crippen molar-refractivity contribution in [3.8, 4) is 0 Å². The minimum Gasteiger partial charge on any atom is -0.333 e. The molecular weight excluding hydrogens is 448 g/mol. The number of hydrogen-bond acceptors (Lipinski definition) is 14. The van der Waals surface area contributed by atoms with Gasteiger partial charge in [0.1, 0.15) is 0 Å². The number of rotatable bonds is 2. The fourth-order valence-electron chi connectivity index (χ4n) is 2.09. The van der Waals surface area contributed by atoms with E-state index in [0.717, 1.165) is 0 Å². The maximum absolute atomic E-state index is 12.0. The molecule has 18 heteroatoms. The second-order valence-corrected chi connectivity index (χ2v) is 8.83. The number of hydrogen-bond donors (Lipinski definition) is 2. The summed E-state index contributed by atoms with van der Waals surface area (Å²) in [6.45, 7) is -0.949. The SMILES string of the molecule is O=C1CC(S(=O)(=O)O)C(=O)ON2CCCN(O1)OC(=O)CC(S(=O)(=O)O)C(=O)O2. The molecule has 2 aliphatic rings. The highest BCUT2D eigenvalue weighted by Gasteiger charge is 2.42. The number of fused-ring (bicyclic) bond motifs is 4. The first-order chi connectivity index (χ1) is 13.3. The highest BCUT2D eigenvalue weighted by atomic mass is 32.2. The van der Waals surface area contributed by atoms with Crippen LogP contribution in [0.1, 0.15) is 19.3 Å². The van der Waals surface area contributed by atoms with E-state index < -0.39 is 80.5 Å². The quantitative estimate of drug-likeness (QED) is 0.394. The van der Waals surface area contributed by atoms with Gasteiger partial charge in [0.15, 0.2) is 10.5 Å². The molecule has 2 saturated heterocycles. The molecule has 16 nitrogen and oxygen atoms in total. The lowest BCUT2D eigenvalue weighted by atomic mass is 10.3. The van der Waals surface area contributed by atoms with Crippen LogP contribution in [-0.2, 0) is 58.8 Å². The molecule has 2 atom stereocenters. The van der Waals surface area contributed by atoms with Crippen molar-refractivity contribution in [2.24, 2.45) is 0 Å². The molecule has 2 N–H and O–H groups in total. The molecule has 2 fully saturated rings. The average molecular weight is 462 g/mol. The van der Waals surface area contributed by atoms with Crippen molar-refractivity contribution in [3.63, 3.8) is 0 Å². The van der Waals surface area contributed by atoms with Crippen molar-refractivity contribution in [2.45, 2.75) is 29.8 Å². The molecule has 0 radical (unpaired) electrons. The summed E-state index contributed by atoms with van der Waals surface area (Å²) in [4.78, 5) is 66.0. The Balaban J connectivity index is 2.47. The molecule has 2 rings (SSSR count). The van der Waals surface area contributed by atoms with Crippen molar-refractivity contribution in [1.82, 2.24) is 10.5 Å². The van der Waals surface area contributed by atoms with E-state index in [4.69, 9.17) is 9.11 Å². The lowest BCUT2D eigenvalue weighted by Crippen LogP contribution is -2.43. The predicted octanol–water partition coefficient (Wildman–Crippen LogP) is -2.87. The number of nitrogens with zero attached hydrogens (tertiary/aromatic N) is 2. The van der Waals surface area contributed by atoms with E-state index in [1.54, 1.807) is 0 Å². The summed E-state index contributed by atoms with van der Waals surface area (Å²) >= 11 is 0. The monoisotopic (exact) mass is 462 g/mol. The van der Waals surface area contributed by atoms with Crippen LogP contribution in [0.4, 0.5) is 0 Å². The third-order valence-electron chi connectivity index (χ3n) is 3.42. The molecule has 0 aromatic rings. The van der Waals surface area contributed by atoms with Crippen molar-refractivity contribution in [3.05, 3.63) is 0 Å². The lowest BCUT2D eigenvalue weighted by molar-refractivity contribution is -0.332. The van der Waals surface area contributed by atoms with Gasteiger partial charge in [-0.3, -0.25) is 18.7 Å². The number of hydroxylamine groups is 4. The summed E-state index contributed by atoms with van der Waals surface area (Å²) in [5.41, 5.74) is 0. The predicted molar refractivity (Wildman–Crippen MR) is 82.3 cm³/mol. The van der Waals surface area contributed by atoms with Crippen LogP contribution < -0.4 is 0 Å². The van der Waals surface area contributed by atoms with E-state index in [9.17, 15) is 36.0 Å². The maximum atomic E-state index is 12.0. The van der Waals surface area contributed by atoms with Gasteiger partial charge in [0, 0.05) is 10.5 Å². The van der Waals surface area contributed by atoms with Gasteiger partial charge in [0.2, 0.25) is 0 Å². The van der Waals surface area contributed by atoms with Crippen molar-refractivity contribution < 1.29 is 64.5 Å². The minimum atomic E-state index is -5.20. The summed E-state index contributed by atoms with van der Waals surface area (Å²) in [5.74, 6) is -6.40. The number of carbonyl (C=O) groups is 4. The Hall–Kier alpha value is -2.38. The Bertz CT molecular complexity index is 842. The summed E-state index contributed by atoms with van der Waals surface area (Å²) in [6, 6.07) is 0. The first-order valence-electron chi connectivity index (χ1n) is 7.60. The Kier molecular flexibility index (Phi) is 6.75. The Morgan fingerprint density at radius 1 is 0.690 bits per heavy atom. The summed E-state index contributed by atoms with van der Waals surface area (Å²) in [7, 11) is -10.4. The van der Waals surface area contributed by atoms with Gasteiger partial charge < -0.3 is 19.4 Å². The molecule has 2 unspecified atom stereocenters. The molecule has 2 bridgehead atoms. The average Bonchev–Trinajstić information content (AvgIpc) is 2.57. The molecule has 0 aromatic carbocycles. The topological polar surface area (TPSA) is 220 Å². The van der Waals surface area contributed by atoms with Gasteiger partial charge in [-0.15, -0.1) is 0 Å². The van der Waals surface area contributed by atoms with Crippen LogP contribution in [0.25, 0.3) is 0 Å². The summed E-state index contributed by atoms with van der Waals surface area (Å²) in [5, 5.41) is -4.69. The zero-order valence-corrected chi connectivity index (χ0v) is 15.8. The molecule has 2 heterocycles. The standard InChI is InChI=1S/C11H14N2O14S2/c14-8-4-6(28(18,19)20)10(16)26-13-3-1-2-12(24-8)25-9(15)5-7(11(17)27-13)29(21,22)23/h6-7H,1-5H2,(H,18,19,20)(H,21,22,23). The van der Waals surface area contributed by atoms with Crippen LogP contribution in [0, 0.1) is 0 Å². The summed E-state index contributed by atoms with van der Waals surface area (Å²) < 4.78 is 63.8. The Morgan fingerprint density at radius 2 is 1.03 bits per heavy atom. The molecule has 29 heavy (non-hydrogen) atoms. The Morgan fingerprint density at radius 3 is 1.38 bits per heavy atom. The highest BCUT2D eigenvalue weighted by Crippen LogP contribution is 2.17. The van der Waals surface area contributed by atoms with Crippen LogP contribution in [0.5, 0.6) is 0 Å². The molecule has 0 amide bonds.